The van der Waals surface area contributed by atoms with Gasteiger partial charge in [0.1, 0.15) is 0 Å². The predicted molar refractivity (Wildman–Crippen MR) is 152 cm³/mol. The van der Waals surface area contributed by atoms with Gasteiger partial charge in [0.2, 0.25) is 0 Å². The number of fused-ring (bicyclic) bond motifs is 2. The topological polar surface area (TPSA) is 18.5 Å². The molecule has 190 valence electrons. The van der Waals surface area contributed by atoms with E-state index in [-0.39, 0.29) is 21.7 Å². The van der Waals surface area contributed by atoms with E-state index in [0.717, 1.165) is 17.9 Å². The molecule has 2 aromatic rings. The maximum absolute atomic E-state index is 6.89. The van der Waals surface area contributed by atoms with E-state index in [2.05, 4.69) is 121 Å². The van der Waals surface area contributed by atoms with Gasteiger partial charge in [-0.2, -0.15) is 0 Å². The zero-order chi connectivity index (χ0) is 26.1. The van der Waals surface area contributed by atoms with Crippen LogP contribution in [0.3, 0.4) is 0 Å². The van der Waals surface area contributed by atoms with Gasteiger partial charge in [0.05, 0.1) is 0 Å². The van der Waals surface area contributed by atoms with Crippen molar-refractivity contribution in [2.75, 3.05) is 13.3 Å². The van der Waals surface area contributed by atoms with E-state index in [1.54, 1.807) is 0 Å². The summed E-state index contributed by atoms with van der Waals surface area (Å²) in [6, 6.07) is 9.53. The molecule has 0 amide bonds. The molecular weight excluding hydrogens is 435 g/mol. The summed E-state index contributed by atoms with van der Waals surface area (Å²) in [6.07, 6.45) is 0.815. The van der Waals surface area contributed by atoms with Crippen LogP contribution in [0, 0.1) is 0 Å². The third-order valence-corrected chi connectivity index (χ3v) is 8.15. The Morgan fingerprint density at radius 1 is 0.529 bits per heavy atom. The Morgan fingerprint density at radius 2 is 0.853 bits per heavy atom. The minimum atomic E-state index is -2.52. The summed E-state index contributed by atoms with van der Waals surface area (Å²) in [5.74, 6) is 2.09. The summed E-state index contributed by atoms with van der Waals surface area (Å²) in [7, 11) is -2.52. The molecule has 2 aromatic carbocycles. The van der Waals surface area contributed by atoms with Crippen LogP contribution in [0.2, 0.25) is 0 Å². The number of hydrogen-bond acceptors (Lipinski definition) is 2. The third-order valence-electron chi connectivity index (χ3n) is 6.76. The number of benzene rings is 2. The molecule has 0 atom stereocenters. The first-order valence-electron chi connectivity index (χ1n) is 12.8. The average molecular weight is 485 g/mol. The van der Waals surface area contributed by atoms with Gasteiger partial charge in [0, 0.05) is 0 Å². The fourth-order valence-electron chi connectivity index (χ4n) is 4.58. The van der Waals surface area contributed by atoms with Crippen molar-refractivity contribution >= 4 is 7.72 Å². The summed E-state index contributed by atoms with van der Waals surface area (Å²) in [5.41, 5.74) is 7.94. The summed E-state index contributed by atoms with van der Waals surface area (Å²) < 4.78 is 13.8. The SMILES string of the molecule is CC(C)(C)c1cc2c(c(C(C)(C)C)c1)O[PH](C)(C)Oc1c(cc(C(C)(C)C)cc1C(C)(C)C)C2. The zero-order valence-corrected chi connectivity index (χ0v) is 25.3. The summed E-state index contributed by atoms with van der Waals surface area (Å²) in [4.78, 5) is 0. The average Bonchev–Trinajstić information content (AvgIpc) is 2.58. The first kappa shape index (κ1) is 27.1. The molecule has 34 heavy (non-hydrogen) atoms. The second kappa shape index (κ2) is 8.26. The van der Waals surface area contributed by atoms with Crippen molar-refractivity contribution in [2.45, 2.75) is 111 Å². The van der Waals surface area contributed by atoms with Gasteiger partial charge in [-0.1, -0.05) is 0 Å². The molecule has 0 spiro atoms. The van der Waals surface area contributed by atoms with Gasteiger partial charge < -0.3 is 0 Å². The second-order valence-electron chi connectivity index (χ2n) is 14.8. The van der Waals surface area contributed by atoms with Gasteiger partial charge in [0.25, 0.3) is 0 Å². The number of hydrogen-bond donors (Lipinski definition) is 0. The van der Waals surface area contributed by atoms with Gasteiger partial charge >= 0.3 is 210 Å². The van der Waals surface area contributed by atoms with Crippen molar-refractivity contribution in [1.29, 1.82) is 0 Å². The predicted octanol–water partition coefficient (Wildman–Crippen LogP) is 9.08. The summed E-state index contributed by atoms with van der Waals surface area (Å²) >= 11 is 0. The van der Waals surface area contributed by atoms with Crippen molar-refractivity contribution in [2.24, 2.45) is 0 Å². The Morgan fingerprint density at radius 3 is 1.12 bits per heavy atom. The molecule has 0 saturated carbocycles. The van der Waals surface area contributed by atoms with Crippen LogP contribution in [0.25, 0.3) is 0 Å². The first-order chi connectivity index (χ1) is 15.1. The van der Waals surface area contributed by atoms with Crippen LogP contribution >= 0.6 is 7.72 Å². The Balaban J connectivity index is 2.42. The normalized spacial score (nSPS) is 17.5. The molecule has 2 nitrogen and oxygen atoms in total. The van der Waals surface area contributed by atoms with Crippen LogP contribution in [-0.2, 0) is 28.1 Å². The Labute approximate surface area is 210 Å². The van der Waals surface area contributed by atoms with E-state index < -0.39 is 7.72 Å². The Kier molecular flexibility index (Phi) is 6.58. The van der Waals surface area contributed by atoms with Crippen LogP contribution in [0.1, 0.15) is 116 Å². The zero-order valence-electron chi connectivity index (χ0n) is 24.3. The molecule has 3 rings (SSSR count). The molecule has 3 heteroatoms. The molecule has 0 unspecified atom stereocenters. The summed E-state index contributed by atoms with van der Waals surface area (Å²) in [5, 5.41) is 0. The van der Waals surface area contributed by atoms with Gasteiger partial charge in [-0.05, 0) is 0 Å². The van der Waals surface area contributed by atoms with Crippen molar-refractivity contribution in [3.8, 4) is 11.5 Å². The monoisotopic (exact) mass is 484 g/mol. The van der Waals surface area contributed by atoms with E-state index in [1.807, 2.05) is 0 Å². The van der Waals surface area contributed by atoms with Gasteiger partial charge in [-0.25, -0.2) is 0 Å². The quantitative estimate of drug-likeness (QED) is 0.347. The molecule has 0 radical (unpaired) electrons. The molecule has 0 saturated heterocycles. The molecular formula is C31H49O2P. The molecule has 1 aliphatic heterocycles. The van der Waals surface area contributed by atoms with E-state index in [0.29, 0.717) is 0 Å². The summed E-state index contributed by atoms with van der Waals surface area (Å²) in [6.45, 7) is 31.9. The molecule has 0 fully saturated rings. The first-order valence-corrected chi connectivity index (χ1v) is 15.6. The van der Waals surface area contributed by atoms with E-state index >= 15 is 0 Å². The van der Waals surface area contributed by atoms with E-state index in [9.17, 15) is 0 Å². The van der Waals surface area contributed by atoms with Crippen molar-refractivity contribution in [3.63, 3.8) is 0 Å². The standard InChI is InChI=1S/C31H49O2P/c1-28(2,3)22-16-20-15-21-17-23(29(4,5)6)19-25(31(10,11)12)27(21)33-34(13,14)32-26(20)24(18-22)30(7,8)9/h16-19,34H,15H2,1-14H3. The molecule has 0 aromatic heterocycles. The fraction of sp³-hybridized carbons (Fsp3) is 0.613. The van der Waals surface area contributed by atoms with Gasteiger partial charge in [-0.3, -0.25) is 0 Å². The molecule has 1 heterocycles. The molecule has 0 N–H and O–H groups in total. The van der Waals surface area contributed by atoms with Gasteiger partial charge in [-0.15, -0.1) is 0 Å². The second-order valence-corrected chi connectivity index (χ2v) is 18.0. The van der Waals surface area contributed by atoms with Crippen molar-refractivity contribution < 1.29 is 9.05 Å². The third kappa shape index (κ3) is 5.64. The number of rotatable bonds is 0. The minimum absolute atomic E-state index is 0.0261. The molecule has 0 aliphatic carbocycles. The Bertz CT molecular complexity index is 995. The van der Waals surface area contributed by atoms with Crippen LogP contribution in [0.5, 0.6) is 11.5 Å². The van der Waals surface area contributed by atoms with E-state index in [1.165, 1.54) is 33.4 Å². The molecule has 0 bridgehead atoms. The van der Waals surface area contributed by atoms with Crippen molar-refractivity contribution in [1.82, 2.24) is 0 Å². The van der Waals surface area contributed by atoms with Crippen LogP contribution in [0.4, 0.5) is 0 Å². The van der Waals surface area contributed by atoms with Gasteiger partial charge in [0.15, 0.2) is 0 Å². The van der Waals surface area contributed by atoms with Crippen LogP contribution < -0.4 is 9.05 Å². The van der Waals surface area contributed by atoms with Crippen molar-refractivity contribution in [3.05, 3.63) is 57.6 Å². The Hall–Kier alpha value is -1.53. The fourth-order valence-corrected chi connectivity index (χ4v) is 6.09. The van der Waals surface area contributed by atoms with Crippen LogP contribution in [0.15, 0.2) is 24.3 Å². The maximum atomic E-state index is 6.89. The molecule has 1 aliphatic rings. The van der Waals surface area contributed by atoms with E-state index in [4.69, 9.17) is 9.05 Å². The van der Waals surface area contributed by atoms with Crippen LogP contribution in [-0.4, -0.2) is 13.3 Å².